The van der Waals surface area contributed by atoms with Gasteiger partial charge in [-0.25, -0.2) is 0 Å². The molecule has 4 rings (SSSR count). The molecule has 3 fully saturated rings. The molecule has 0 amide bonds. The molecule has 0 aliphatic heterocycles. The second-order valence-corrected chi connectivity index (χ2v) is 8.79. The molecule has 3 saturated carbocycles. The van der Waals surface area contributed by atoms with Gasteiger partial charge >= 0.3 is 0 Å². The fraction of sp³-hybridized carbons (Fsp3) is 0.857. The molecule has 4 aliphatic carbocycles. The minimum absolute atomic E-state index is 0.0269. The van der Waals surface area contributed by atoms with Crippen LogP contribution in [0.15, 0.2) is 11.6 Å². The number of hydrogen-bond acceptors (Lipinski definition) is 2. The first-order valence-corrected chi connectivity index (χ1v) is 9.20. The van der Waals surface area contributed by atoms with E-state index in [9.17, 15) is 9.90 Å². The van der Waals surface area contributed by atoms with Crippen LogP contribution in [0.4, 0.5) is 0 Å². The maximum atomic E-state index is 12.8. The third-order valence-electron chi connectivity index (χ3n) is 7.90. The lowest BCUT2D eigenvalue weighted by atomic mass is 9.47. The first-order valence-electron chi connectivity index (χ1n) is 11.8. The first-order chi connectivity index (χ1) is 12.9. The van der Waals surface area contributed by atoms with Crippen LogP contribution < -0.4 is 0 Å². The van der Waals surface area contributed by atoms with Crippen molar-refractivity contribution in [2.24, 2.45) is 34.5 Å². The van der Waals surface area contributed by atoms with Crippen LogP contribution in [0, 0.1) is 34.5 Å². The summed E-state index contributed by atoms with van der Waals surface area (Å²) in [5.41, 5.74) is 0.636. The Labute approximate surface area is 147 Å². The largest absolute Gasteiger partial charge is 0.393 e. The highest BCUT2D eigenvalue weighted by Gasteiger charge is 2.59. The molecule has 0 unspecified atom stereocenters. The number of carbonyl (C=O) groups is 1. The molecule has 0 aromatic carbocycles. The predicted molar refractivity (Wildman–Crippen MR) is 91.9 cm³/mol. The van der Waals surface area contributed by atoms with E-state index in [-0.39, 0.29) is 23.4 Å². The minimum atomic E-state index is -2.83. The summed E-state index contributed by atoms with van der Waals surface area (Å²) in [4.78, 5) is 12.8. The standard InChI is InChI=1S/C21H32O2/c1-13(22)17-6-7-18-16-5-4-14-12-15(23)8-10-20(14,2)19(16)9-11-21(17,18)3/h4,15-19,23H,5-12H2,1-3H3/t15-,16-,17+,18-,19-,20-,21+/m0/s1/i1D3,6D,17D,22+2/t6-,15+,16+,17-,18+,19+,20+,21-/m1. The van der Waals surface area contributed by atoms with Gasteiger partial charge in [-0.2, -0.15) is 0 Å². The Hall–Kier alpha value is -0.630. The van der Waals surface area contributed by atoms with Crippen LogP contribution in [0.3, 0.4) is 0 Å². The Morgan fingerprint density at radius 3 is 2.96 bits per heavy atom. The van der Waals surface area contributed by atoms with Gasteiger partial charge in [0.25, 0.3) is 0 Å². The van der Waals surface area contributed by atoms with Gasteiger partial charge in [-0.3, -0.25) is 4.79 Å². The van der Waals surface area contributed by atoms with Gasteiger partial charge < -0.3 is 5.11 Å². The maximum absolute atomic E-state index is 12.8. The number of fused-ring (bicyclic) bond motifs is 5. The lowest BCUT2D eigenvalue weighted by molar-refractivity contribution is -0.127. The van der Waals surface area contributed by atoms with Gasteiger partial charge in [0.05, 0.1) is 6.10 Å². The van der Waals surface area contributed by atoms with Gasteiger partial charge in [0.2, 0.25) is 0 Å². The Balaban J connectivity index is 1.71. The van der Waals surface area contributed by atoms with Gasteiger partial charge in [-0.15, -0.1) is 0 Å². The SMILES string of the molecule is [2H][C@@H]1C[C@H]2[C@@H]3CC=C4C[C@@H](O)CC[C@]4(C)[C@H]3CC[C@]2(C)[C@@]1([2H])C(=[18O])C([2H])([2H])[2H]. The number of ketones is 1. The van der Waals surface area contributed by atoms with E-state index in [1.54, 1.807) is 0 Å². The van der Waals surface area contributed by atoms with E-state index in [0.29, 0.717) is 18.8 Å². The van der Waals surface area contributed by atoms with Crippen molar-refractivity contribution in [3.63, 3.8) is 0 Å². The van der Waals surface area contributed by atoms with Crippen LogP contribution in [-0.2, 0) is 4.79 Å². The Morgan fingerprint density at radius 2 is 2.17 bits per heavy atom. The molecule has 0 aromatic heterocycles. The van der Waals surface area contributed by atoms with Gasteiger partial charge in [-0.05, 0) is 86.8 Å². The Kier molecular flexibility index (Phi) is 2.50. The zero-order valence-corrected chi connectivity index (χ0v) is 14.3. The summed E-state index contributed by atoms with van der Waals surface area (Å²) >= 11 is 0. The quantitative estimate of drug-likeness (QED) is 0.569. The fourth-order valence-corrected chi connectivity index (χ4v) is 6.56. The molecule has 0 aromatic rings. The second-order valence-electron chi connectivity index (χ2n) is 8.79. The summed E-state index contributed by atoms with van der Waals surface area (Å²) in [6, 6.07) is 0. The molecule has 23 heavy (non-hydrogen) atoms. The average Bonchev–Trinajstić information content (AvgIpc) is 2.82. The second kappa shape index (κ2) is 5.18. The summed E-state index contributed by atoms with van der Waals surface area (Å²) in [7, 11) is 0. The molecule has 0 radical (unpaired) electrons. The number of aliphatic hydroxyl groups is 1. The lowest BCUT2D eigenvalue weighted by Crippen LogP contribution is -2.50. The molecule has 1 N–H and O–H groups in total. The van der Waals surface area contributed by atoms with E-state index < -0.39 is 30.3 Å². The maximum Gasteiger partial charge on any atom is 0.133 e. The minimum Gasteiger partial charge on any atom is -0.393 e. The van der Waals surface area contributed by atoms with Crippen molar-refractivity contribution in [1.82, 2.24) is 0 Å². The summed E-state index contributed by atoms with van der Waals surface area (Å²) in [6.45, 7) is 1.38. The molecule has 8 atom stereocenters. The summed E-state index contributed by atoms with van der Waals surface area (Å²) in [5, 5.41) is 10.1. The zero-order valence-electron chi connectivity index (χ0n) is 19.3. The Morgan fingerprint density at radius 1 is 1.35 bits per heavy atom. The van der Waals surface area contributed by atoms with Crippen molar-refractivity contribution in [3.05, 3.63) is 11.6 Å². The number of allylic oxidation sites excluding steroid dienone is 1. The van der Waals surface area contributed by atoms with Gasteiger partial charge in [-0.1, -0.05) is 25.5 Å². The topological polar surface area (TPSA) is 37.3 Å². The average molecular weight is 324 g/mol. The van der Waals surface area contributed by atoms with Crippen LogP contribution in [0.25, 0.3) is 0 Å². The molecule has 128 valence electrons. The lowest BCUT2D eigenvalue weighted by Gasteiger charge is -2.57. The monoisotopic (exact) mass is 323 g/mol. The van der Waals surface area contributed by atoms with E-state index in [0.717, 1.165) is 32.1 Å². The number of rotatable bonds is 1. The van der Waals surface area contributed by atoms with Crippen molar-refractivity contribution in [1.29, 1.82) is 0 Å². The van der Waals surface area contributed by atoms with Crippen LogP contribution in [0.5, 0.6) is 0 Å². The number of carbonyl (C=O) groups excluding carboxylic acids is 1. The molecular weight excluding hydrogens is 286 g/mol. The van der Waals surface area contributed by atoms with Crippen molar-refractivity contribution in [2.45, 2.75) is 78.1 Å². The number of aliphatic hydroxyl groups excluding tert-OH is 1. The third-order valence-corrected chi connectivity index (χ3v) is 7.90. The van der Waals surface area contributed by atoms with Crippen LogP contribution in [0.2, 0.25) is 0 Å². The predicted octanol–water partition coefficient (Wildman–Crippen LogP) is 4.52. The fourth-order valence-electron chi connectivity index (χ4n) is 6.56. The molecule has 0 heterocycles. The third kappa shape index (κ3) is 2.13. The molecule has 2 heteroatoms. The van der Waals surface area contributed by atoms with Crippen LogP contribution in [0.1, 0.15) is 78.9 Å². The van der Waals surface area contributed by atoms with Crippen LogP contribution in [-0.4, -0.2) is 17.0 Å². The molecular formula is C21H32O2. The molecule has 0 bridgehead atoms. The summed E-state index contributed by atoms with van der Waals surface area (Å²) in [6.07, 6.45) is 6.31. The van der Waals surface area contributed by atoms with E-state index >= 15 is 0 Å². The van der Waals surface area contributed by atoms with E-state index in [1.807, 2.05) is 6.92 Å². The molecule has 2 nitrogen and oxygen atoms in total. The molecule has 0 saturated heterocycles. The smallest absolute Gasteiger partial charge is 0.133 e. The van der Waals surface area contributed by atoms with E-state index in [1.165, 1.54) is 5.57 Å². The van der Waals surface area contributed by atoms with Crippen LogP contribution >= 0.6 is 0 Å². The number of Topliss-reactive ketones (excluding diaryl/α,β-unsaturated/α-hetero) is 1. The normalized spacial score (nSPS) is 62.3. The molecule has 0 spiro atoms. The van der Waals surface area contributed by atoms with Crippen molar-refractivity contribution >= 4 is 5.78 Å². The Bertz CT molecular complexity index is 718. The summed E-state index contributed by atoms with van der Waals surface area (Å²) in [5.74, 6) is -2.16. The van der Waals surface area contributed by atoms with Crippen molar-refractivity contribution < 1.29 is 16.8 Å². The van der Waals surface area contributed by atoms with Gasteiger partial charge in [0, 0.05) is 12.7 Å². The van der Waals surface area contributed by atoms with Crippen molar-refractivity contribution in [2.75, 3.05) is 0 Å². The highest BCUT2D eigenvalue weighted by atomic mass is 18.1. The van der Waals surface area contributed by atoms with E-state index in [4.69, 9.17) is 6.85 Å². The highest BCUT2D eigenvalue weighted by molar-refractivity contribution is 5.79. The highest BCUT2D eigenvalue weighted by Crippen LogP contribution is 2.66. The summed E-state index contributed by atoms with van der Waals surface area (Å²) < 4.78 is 40.4. The molecule has 4 aliphatic rings. The van der Waals surface area contributed by atoms with Gasteiger partial charge in [0.15, 0.2) is 0 Å². The number of hydrogen-bond donors (Lipinski definition) is 1. The van der Waals surface area contributed by atoms with E-state index in [2.05, 4.69) is 13.0 Å². The van der Waals surface area contributed by atoms with Crippen molar-refractivity contribution in [3.8, 4) is 0 Å². The zero-order chi connectivity index (χ0) is 20.7. The van der Waals surface area contributed by atoms with Gasteiger partial charge in [0.1, 0.15) is 5.78 Å². The first kappa shape index (κ1) is 11.1.